The van der Waals surface area contributed by atoms with Gasteiger partial charge < -0.3 is 14.8 Å². The van der Waals surface area contributed by atoms with Gasteiger partial charge in [0.25, 0.3) is 0 Å². The minimum Gasteiger partial charge on any atom is -0.493 e. The molecule has 0 aliphatic rings. The molecule has 21 heavy (non-hydrogen) atoms. The minimum absolute atomic E-state index is 0.382. The molecule has 0 saturated carbocycles. The molecule has 120 valence electrons. The fourth-order valence-corrected chi connectivity index (χ4v) is 2.56. The van der Waals surface area contributed by atoms with Gasteiger partial charge >= 0.3 is 0 Å². The van der Waals surface area contributed by atoms with Crippen molar-refractivity contribution < 1.29 is 9.47 Å². The first-order valence-electron chi connectivity index (χ1n) is 7.99. The Balaban J connectivity index is 3.04. The summed E-state index contributed by atoms with van der Waals surface area (Å²) < 4.78 is 10.8. The second-order valence-electron chi connectivity index (χ2n) is 6.04. The minimum atomic E-state index is 0.382. The molecular weight excluding hydrogens is 262 g/mol. The van der Waals surface area contributed by atoms with E-state index in [1.165, 1.54) is 17.5 Å². The molecule has 0 fully saturated rings. The first-order chi connectivity index (χ1) is 10.0. The molecule has 0 aromatic heterocycles. The van der Waals surface area contributed by atoms with E-state index in [0.717, 1.165) is 36.8 Å². The van der Waals surface area contributed by atoms with Crippen LogP contribution < -0.4 is 14.8 Å². The van der Waals surface area contributed by atoms with Crippen LogP contribution in [0.2, 0.25) is 0 Å². The Morgan fingerprint density at radius 2 is 1.67 bits per heavy atom. The van der Waals surface area contributed by atoms with E-state index < -0.39 is 0 Å². The molecule has 1 unspecified atom stereocenters. The highest BCUT2D eigenvalue weighted by atomic mass is 16.5. The molecule has 0 bridgehead atoms. The van der Waals surface area contributed by atoms with Crippen molar-refractivity contribution >= 4 is 0 Å². The van der Waals surface area contributed by atoms with Gasteiger partial charge in [0.1, 0.15) is 0 Å². The Kier molecular flexibility index (Phi) is 7.58. The Hall–Kier alpha value is -1.22. The number of methoxy groups -OCH3 is 2. The number of hydrogen-bond donors (Lipinski definition) is 1. The molecule has 1 rings (SSSR count). The van der Waals surface area contributed by atoms with E-state index in [0.29, 0.717) is 6.04 Å². The Morgan fingerprint density at radius 1 is 1.05 bits per heavy atom. The van der Waals surface area contributed by atoms with Crippen molar-refractivity contribution in [3.63, 3.8) is 0 Å². The Morgan fingerprint density at radius 3 is 2.19 bits per heavy atom. The van der Waals surface area contributed by atoms with Gasteiger partial charge in [0.05, 0.1) is 14.2 Å². The van der Waals surface area contributed by atoms with Crippen molar-refractivity contribution in [1.82, 2.24) is 5.32 Å². The molecule has 3 heteroatoms. The van der Waals surface area contributed by atoms with Crippen LogP contribution in [0.5, 0.6) is 11.5 Å². The lowest BCUT2D eigenvalue weighted by Gasteiger charge is -2.23. The van der Waals surface area contributed by atoms with E-state index in [2.05, 4.69) is 45.1 Å². The third kappa shape index (κ3) is 5.24. The topological polar surface area (TPSA) is 30.5 Å². The third-order valence-electron chi connectivity index (χ3n) is 3.82. The molecule has 1 atom stereocenters. The van der Waals surface area contributed by atoms with Crippen LogP contribution in [-0.4, -0.2) is 20.8 Å². The monoisotopic (exact) mass is 293 g/mol. The molecule has 0 saturated heterocycles. The van der Waals surface area contributed by atoms with Gasteiger partial charge in [-0.1, -0.05) is 20.8 Å². The fraction of sp³-hybridized carbons (Fsp3) is 0.667. The van der Waals surface area contributed by atoms with Crippen molar-refractivity contribution in [2.75, 3.05) is 20.8 Å². The van der Waals surface area contributed by atoms with Crippen LogP contribution in [0.15, 0.2) is 12.1 Å². The molecule has 0 amide bonds. The number of benzene rings is 1. The largest absolute Gasteiger partial charge is 0.493 e. The standard InChI is InChI=1S/C18H31NO2/c1-7-10-19-16(9-8-13(2)3)15-12-18(21-6)17(20-5)11-14(15)4/h11-13,16,19H,7-10H2,1-6H3. The van der Waals surface area contributed by atoms with Gasteiger partial charge in [0.15, 0.2) is 11.5 Å². The maximum absolute atomic E-state index is 5.46. The average Bonchev–Trinajstić information content (AvgIpc) is 2.47. The van der Waals surface area contributed by atoms with E-state index in [1.807, 2.05) is 0 Å². The summed E-state index contributed by atoms with van der Waals surface area (Å²) in [5.74, 6) is 2.33. The maximum Gasteiger partial charge on any atom is 0.161 e. The molecule has 0 aliphatic heterocycles. The lowest BCUT2D eigenvalue weighted by atomic mass is 9.94. The summed E-state index contributed by atoms with van der Waals surface area (Å²) in [5.41, 5.74) is 2.58. The number of aryl methyl sites for hydroxylation is 1. The quantitative estimate of drug-likeness (QED) is 0.727. The van der Waals surface area contributed by atoms with Crippen LogP contribution in [0.25, 0.3) is 0 Å². The highest BCUT2D eigenvalue weighted by Crippen LogP contribution is 2.34. The molecular formula is C18H31NO2. The number of nitrogens with one attached hydrogen (secondary N) is 1. The van der Waals surface area contributed by atoms with Crippen LogP contribution in [0.1, 0.15) is 57.2 Å². The van der Waals surface area contributed by atoms with E-state index in [9.17, 15) is 0 Å². The molecule has 1 aromatic carbocycles. The lowest BCUT2D eigenvalue weighted by molar-refractivity contribution is 0.352. The number of rotatable bonds is 9. The summed E-state index contributed by atoms with van der Waals surface area (Å²) in [6, 6.07) is 4.58. The van der Waals surface area contributed by atoms with Crippen molar-refractivity contribution in [2.24, 2.45) is 5.92 Å². The SMILES string of the molecule is CCCNC(CCC(C)C)c1cc(OC)c(OC)cc1C. The summed E-state index contributed by atoms with van der Waals surface area (Å²) in [6.07, 6.45) is 3.51. The lowest BCUT2D eigenvalue weighted by Crippen LogP contribution is -2.23. The van der Waals surface area contributed by atoms with Crippen molar-refractivity contribution in [1.29, 1.82) is 0 Å². The predicted molar refractivity (Wildman–Crippen MR) is 89.4 cm³/mol. The van der Waals surface area contributed by atoms with Crippen molar-refractivity contribution in [3.05, 3.63) is 23.3 Å². The smallest absolute Gasteiger partial charge is 0.161 e. The van der Waals surface area contributed by atoms with Crippen LogP contribution in [0.3, 0.4) is 0 Å². The summed E-state index contributed by atoms with van der Waals surface area (Å²) in [5, 5.41) is 3.67. The zero-order valence-corrected chi connectivity index (χ0v) is 14.5. The van der Waals surface area contributed by atoms with Crippen LogP contribution in [0, 0.1) is 12.8 Å². The summed E-state index contributed by atoms with van der Waals surface area (Å²) in [7, 11) is 3.38. The second kappa shape index (κ2) is 8.93. The van der Waals surface area contributed by atoms with Crippen molar-refractivity contribution in [3.8, 4) is 11.5 Å². The first kappa shape index (κ1) is 17.8. The molecule has 0 radical (unpaired) electrons. The van der Waals surface area contributed by atoms with Gasteiger partial charge in [-0.25, -0.2) is 0 Å². The summed E-state index contributed by atoms with van der Waals surface area (Å²) in [4.78, 5) is 0. The zero-order chi connectivity index (χ0) is 15.8. The number of hydrogen-bond acceptors (Lipinski definition) is 3. The van der Waals surface area contributed by atoms with Gasteiger partial charge in [-0.05, 0) is 61.9 Å². The summed E-state index contributed by atoms with van der Waals surface area (Å²) in [6.45, 7) is 9.94. The van der Waals surface area contributed by atoms with Gasteiger partial charge in [-0.3, -0.25) is 0 Å². The molecule has 0 heterocycles. The van der Waals surface area contributed by atoms with E-state index >= 15 is 0 Å². The molecule has 0 aliphatic carbocycles. The van der Waals surface area contributed by atoms with Crippen LogP contribution in [-0.2, 0) is 0 Å². The molecule has 1 aromatic rings. The Bertz CT molecular complexity index is 429. The van der Waals surface area contributed by atoms with E-state index in [4.69, 9.17) is 9.47 Å². The van der Waals surface area contributed by atoms with E-state index in [-0.39, 0.29) is 0 Å². The molecule has 0 spiro atoms. The average molecular weight is 293 g/mol. The fourth-order valence-electron chi connectivity index (χ4n) is 2.56. The van der Waals surface area contributed by atoms with E-state index in [1.54, 1.807) is 14.2 Å². The van der Waals surface area contributed by atoms with Gasteiger partial charge in [-0.2, -0.15) is 0 Å². The molecule has 1 N–H and O–H groups in total. The van der Waals surface area contributed by atoms with Gasteiger partial charge in [-0.15, -0.1) is 0 Å². The normalized spacial score (nSPS) is 12.5. The highest BCUT2D eigenvalue weighted by Gasteiger charge is 2.17. The Labute approximate surface area is 130 Å². The van der Waals surface area contributed by atoms with Gasteiger partial charge in [0.2, 0.25) is 0 Å². The predicted octanol–water partition coefficient (Wildman–Crippen LogP) is 4.49. The van der Waals surface area contributed by atoms with Crippen LogP contribution >= 0.6 is 0 Å². The summed E-state index contributed by atoms with van der Waals surface area (Å²) >= 11 is 0. The highest BCUT2D eigenvalue weighted by molar-refractivity contribution is 5.48. The number of ether oxygens (including phenoxy) is 2. The zero-order valence-electron chi connectivity index (χ0n) is 14.5. The van der Waals surface area contributed by atoms with Crippen molar-refractivity contribution in [2.45, 2.75) is 53.0 Å². The van der Waals surface area contributed by atoms with Crippen LogP contribution in [0.4, 0.5) is 0 Å². The third-order valence-corrected chi connectivity index (χ3v) is 3.82. The molecule has 3 nitrogen and oxygen atoms in total. The second-order valence-corrected chi connectivity index (χ2v) is 6.04. The maximum atomic E-state index is 5.46. The van der Waals surface area contributed by atoms with Gasteiger partial charge in [0, 0.05) is 6.04 Å². The first-order valence-corrected chi connectivity index (χ1v) is 7.99.